The summed E-state index contributed by atoms with van der Waals surface area (Å²) in [5.74, 6) is 0.774. The van der Waals surface area contributed by atoms with E-state index in [9.17, 15) is 4.79 Å². The molecule has 0 atom stereocenters. The predicted molar refractivity (Wildman–Crippen MR) is 130 cm³/mol. The van der Waals surface area contributed by atoms with Gasteiger partial charge in [0.2, 0.25) is 0 Å². The van der Waals surface area contributed by atoms with E-state index in [0.29, 0.717) is 37.1 Å². The maximum atomic E-state index is 12.6. The normalized spacial score (nSPS) is 10.4. The van der Waals surface area contributed by atoms with Crippen LogP contribution in [-0.4, -0.2) is 13.1 Å². The third-order valence-electron chi connectivity index (χ3n) is 5.16. The zero-order valence-electron chi connectivity index (χ0n) is 19.0. The van der Waals surface area contributed by atoms with Crippen LogP contribution in [0.25, 0.3) is 0 Å². The summed E-state index contributed by atoms with van der Waals surface area (Å²) in [4.78, 5) is 12.6. The molecular weight excluding hydrogens is 428 g/mol. The lowest BCUT2D eigenvalue weighted by Crippen LogP contribution is -2.08. The molecule has 0 saturated heterocycles. The molecule has 0 bridgehead atoms. The highest BCUT2D eigenvalue weighted by molar-refractivity contribution is 5.93. The Balaban J connectivity index is 1.64. The molecule has 0 amide bonds. The molecule has 5 heteroatoms. The summed E-state index contributed by atoms with van der Waals surface area (Å²) in [6.07, 6.45) is 0. The molecule has 0 aliphatic heterocycles. The molecule has 0 fully saturated rings. The number of esters is 1. The van der Waals surface area contributed by atoms with Gasteiger partial charge in [-0.15, -0.1) is 0 Å². The zero-order valence-corrected chi connectivity index (χ0v) is 19.0. The van der Waals surface area contributed by atoms with Gasteiger partial charge in [-0.1, -0.05) is 91.0 Å². The Kier molecular flexibility index (Phi) is 7.80. The highest BCUT2D eigenvalue weighted by atomic mass is 16.5. The molecule has 0 heterocycles. The SMILES string of the molecule is COC(=O)c1cc(OCc2ccccc2)c(OCc2ccccc2)cc1OCc1ccccc1. The standard InChI is InChI=1S/C29H26O5/c1-31-29(30)25-17-27(33-20-23-13-7-3-8-14-23)28(34-21-24-15-9-4-10-16-24)18-26(25)32-19-22-11-5-2-6-12-22/h2-18H,19-21H2,1H3. The first kappa shape index (κ1) is 22.9. The average molecular weight is 455 g/mol. The van der Waals surface area contributed by atoms with Gasteiger partial charge in [-0.3, -0.25) is 0 Å². The van der Waals surface area contributed by atoms with Crippen molar-refractivity contribution in [1.82, 2.24) is 0 Å². The first-order valence-electron chi connectivity index (χ1n) is 11.0. The predicted octanol–water partition coefficient (Wildman–Crippen LogP) is 6.21. The molecule has 4 aromatic carbocycles. The topological polar surface area (TPSA) is 54.0 Å². The second-order valence-electron chi connectivity index (χ2n) is 7.61. The number of benzene rings is 4. The van der Waals surface area contributed by atoms with Crippen molar-refractivity contribution in [3.8, 4) is 17.2 Å². The molecule has 4 aromatic rings. The van der Waals surface area contributed by atoms with Crippen LogP contribution in [0.2, 0.25) is 0 Å². The molecule has 4 rings (SSSR count). The molecule has 0 unspecified atom stereocenters. The van der Waals surface area contributed by atoms with E-state index in [1.165, 1.54) is 7.11 Å². The fourth-order valence-electron chi connectivity index (χ4n) is 3.36. The van der Waals surface area contributed by atoms with E-state index < -0.39 is 5.97 Å². The highest BCUT2D eigenvalue weighted by Gasteiger charge is 2.20. The van der Waals surface area contributed by atoms with Gasteiger partial charge in [-0.05, 0) is 16.7 Å². The van der Waals surface area contributed by atoms with Gasteiger partial charge in [-0.25, -0.2) is 4.79 Å². The van der Waals surface area contributed by atoms with Crippen LogP contribution in [0.5, 0.6) is 17.2 Å². The van der Waals surface area contributed by atoms with Crippen molar-refractivity contribution in [3.63, 3.8) is 0 Å². The maximum absolute atomic E-state index is 12.6. The first-order valence-corrected chi connectivity index (χ1v) is 11.0. The summed E-state index contributed by atoms with van der Waals surface area (Å²) in [5.41, 5.74) is 3.27. The highest BCUT2D eigenvalue weighted by Crippen LogP contribution is 2.37. The molecule has 34 heavy (non-hydrogen) atoms. The van der Waals surface area contributed by atoms with Crippen molar-refractivity contribution >= 4 is 5.97 Å². The Morgan fingerprint density at radius 1 is 0.559 bits per heavy atom. The fraction of sp³-hybridized carbons (Fsp3) is 0.138. The number of rotatable bonds is 10. The van der Waals surface area contributed by atoms with E-state index in [0.717, 1.165) is 16.7 Å². The van der Waals surface area contributed by atoms with Crippen LogP contribution in [0, 0.1) is 0 Å². The minimum absolute atomic E-state index is 0.272. The van der Waals surface area contributed by atoms with Crippen molar-refractivity contribution in [1.29, 1.82) is 0 Å². The third kappa shape index (κ3) is 6.17. The summed E-state index contributed by atoms with van der Waals surface area (Å²) in [6, 6.07) is 32.7. The summed E-state index contributed by atoms with van der Waals surface area (Å²) >= 11 is 0. The number of ether oxygens (including phenoxy) is 4. The van der Waals surface area contributed by atoms with Crippen molar-refractivity contribution in [2.75, 3.05) is 7.11 Å². The first-order chi connectivity index (χ1) is 16.7. The minimum atomic E-state index is -0.512. The van der Waals surface area contributed by atoms with Crippen LogP contribution >= 0.6 is 0 Å². The van der Waals surface area contributed by atoms with Gasteiger partial charge in [0.15, 0.2) is 11.5 Å². The Hall–Kier alpha value is -4.25. The van der Waals surface area contributed by atoms with Crippen LogP contribution in [0.15, 0.2) is 103 Å². The van der Waals surface area contributed by atoms with E-state index in [1.807, 2.05) is 91.0 Å². The van der Waals surface area contributed by atoms with Gasteiger partial charge < -0.3 is 18.9 Å². The lowest BCUT2D eigenvalue weighted by atomic mass is 10.1. The van der Waals surface area contributed by atoms with Crippen LogP contribution < -0.4 is 14.2 Å². The Morgan fingerprint density at radius 3 is 1.35 bits per heavy atom. The van der Waals surface area contributed by atoms with Gasteiger partial charge in [0.05, 0.1) is 7.11 Å². The molecule has 0 aromatic heterocycles. The molecule has 0 aliphatic carbocycles. The molecule has 5 nitrogen and oxygen atoms in total. The van der Waals surface area contributed by atoms with Gasteiger partial charge in [0.25, 0.3) is 0 Å². The quantitative estimate of drug-likeness (QED) is 0.267. The average Bonchev–Trinajstić information content (AvgIpc) is 2.91. The molecule has 0 spiro atoms. The molecule has 0 N–H and O–H groups in total. The summed E-state index contributed by atoms with van der Waals surface area (Å²) in [7, 11) is 1.34. The Bertz CT molecular complexity index is 1190. The molecule has 0 saturated carbocycles. The van der Waals surface area contributed by atoms with E-state index >= 15 is 0 Å². The number of hydrogen-bond donors (Lipinski definition) is 0. The van der Waals surface area contributed by atoms with E-state index in [4.69, 9.17) is 18.9 Å². The Morgan fingerprint density at radius 2 is 0.941 bits per heavy atom. The second kappa shape index (κ2) is 11.6. The van der Waals surface area contributed by atoms with Crippen LogP contribution in [0.3, 0.4) is 0 Å². The third-order valence-corrected chi connectivity index (χ3v) is 5.16. The summed E-state index contributed by atoms with van der Waals surface area (Å²) in [6.45, 7) is 0.971. The fourth-order valence-corrected chi connectivity index (χ4v) is 3.36. The van der Waals surface area contributed by atoms with E-state index in [-0.39, 0.29) is 5.56 Å². The summed E-state index contributed by atoms with van der Waals surface area (Å²) in [5, 5.41) is 0. The number of carbonyl (C=O) groups excluding carboxylic acids is 1. The van der Waals surface area contributed by atoms with Crippen LogP contribution in [-0.2, 0) is 24.6 Å². The van der Waals surface area contributed by atoms with E-state index in [1.54, 1.807) is 12.1 Å². The lowest BCUT2D eigenvalue weighted by molar-refractivity contribution is 0.0594. The Labute approximate surface area is 199 Å². The van der Waals surface area contributed by atoms with Crippen molar-refractivity contribution in [3.05, 3.63) is 125 Å². The van der Waals surface area contributed by atoms with Gasteiger partial charge in [0.1, 0.15) is 31.1 Å². The second-order valence-corrected chi connectivity index (χ2v) is 7.61. The smallest absolute Gasteiger partial charge is 0.341 e. The van der Waals surface area contributed by atoms with Crippen molar-refractivity contribution < 1.29 is 23.7 Å². The maximum Gasteiger partial charge on any atom is 0.341 e. The largest absolute Gasteiger partial charge is 0.488 e. The van der Waals surface area contributed by atoms with Crippen molar-refractivity contribution in [2.24, 2.45) is 0 Å². The molecular formula is C29H26O5. The molecule has 0 aliphatic rings. The molecule has 172 valence electrons. The number of carbonyl (C=O) groups is 1. The van der Waals surface area contributed by atoms with E-state index in [2.05, 4.69) is 0 Å². The summed E-state index contributed by atoms with van der Waals surface area (Å²) < 4.78 is 23.2. The van der Waals surface area contributed by atoms with Crippen molar-refractivity contribution in [2.45, 2.75) is 19.8 Å². The van der Waals surface area contributed by atoms with Gasteiger partial charge >= 0.3 is 5.97 Å². The van der Waals surface area contributed by atoms with Gasteiger partial charge in [0, 0.05) is 12.1 Å². The zero-order chi connectivity index (χ0) is 23.6. The molecule has 0 radical (unpaired) electrons. The van der Waals surface area contributed by atoms with Crippen LogP contribution in [0.1, 0.15) is 27.0 Å². The monoisotopic (exact) mass is 454 g/mol. The number of methoxy groups -OCH3 is 1. The number of hydrogen-bond acceptors (Lipinski definition) is 5. The minimum Gasteiger partial charge on any atom is -0.488 e. The lowest BCUT2D eigenvalue weighted by Gasteiger charge is -2.17. The van der Waals surface area contributed by atoms with Crippen LogP contribution in [0.4, 0.5) is 0 Å². The van der Waals surface area contributed by atoms with Gasteiger partial charge in [-0.2, -0.15) is 0 Å².